The van der Waals surface area contributed by atoms with Crippen molar-refractivity contribution in [3.63, 3.8) is 0 Å². The summed E-state index contributed by atoms with van der Waals surface area (Å²) in [5.41, 5.74) is 8.06. The number of nitrogens with two attached hydrogens (primary N) is 1. The van der Waals surface area contributed by atoms with E-state index in [1.54, 1.807) is 12.1 Å². The number of amides is 1. The molecule has 1 saturated heterocycles. The zero-order valence-corrected chi connectivity index (χ0v) is 18.7. The molecule has 2 unspecified atom stereocenters. The molecule has 1 fully saturated rings. The van der Waals surface area contributed by atoms with E-state index in [1.165, 1.54) is 30.3 Å². The molecular weight excluding hydrogens is 436 g/mol. The van der Waals surface area contributed by atoms with Gasteiger partial charge in [0, 0.05) is 31.2 Å². The quantitative estimate of drug-likeness (QED) is 0.535. The van der Waals surface area contributed by atoms with E-state index in [9.17, 15) is 18.4 Å². The number of nitrogens with zero attached hydrogens (tertiary/aromatic N) is 1. The molecule has 1 aliphatic heterocycles. The van der Waals surface area contributed by atoms with E-state index >= 15 is 0 Å². The van der Waals surface area contributed by atoms with Crippen molar-refractivity contribution in [1.29, 1.82) is 0 Å². The topological polar surface area (TPSA) is 75.4 Å². The summed E-state index contributed by atoms with van der Waals surface area (Å²) >= 11 is 0. The van der Waals surface area contributed by atoms with Crippen LogP contribution in [0.25, 0.3) is 0 Å². The molecule has 0 bridgehead atoms. The number of rotatable bonds is 8. The van der Waals surface area contributed by atoms with Gasteiger partial charge in [-0.2, -0.15) is 0 Å². The first-order valence-corrected chi connectivity index (χ1v) is 11.3. The van der Waals surface area contributed by atoms with Gasteiger partial charge in [-0.1, -0.05) is 42.5 Å². The normalized spacial score (nSPS) is 16.3. The monoisotopic (exact) mass is 463 g/mol. The van der Waals surface area contributed by atoms with Gasteiger partial charge in [-0.05, 0) is 54.3 Å². The Balaban J connectivity index is 1.59. The first-order chi connectivity index (χ1) is 16.4. The average Bonchev–Trinajstić information content (AvgIpc) is 3.25. The molecule has 2 atom stereocenters. The Morgan fingerprint density at radius 2 is 1.76 bits per heavy atom. The van der Waals surface area contributed by atoms with Crippen LogP contribution >= 0.6 is 0 Å². The molecule has 1 aliphatic rings. The highest BCUT2D eigenvalue weighted by atomic mass is 19.1. The predicted octanol–water partition coefficient (Wildman–Crippen LogP) is 3.66. The number of nitrogens with one attached hydrogen (secondary N) is 1. The molecule has 3 aromatic carbocycles. The number of hydrogen-bond donors (Lipinski definition) is 2. The zero-order chi connectivity index (χ0) is 24.1. The molecule has 0 saturated carbocycles. The van der Waals surface area contributed by atoms with Crippen LogP contribution in [0.4, 0.5) is 14.5 Å². The highest BCUT2D eigenvalue weighted by molar-refractivity contribution is 5.98. The fourth-order valence-electron chi connectivity index (χ4n) is 4.30. The van der Waals surface area contributed by atoms with Crippen molar-refractivity contribution < 1.29 is 18.4 Å². The first kappa shape index (κ1) is 23.6. The van der Waals surface area contributed by atoms with Crippen LogP contribution in [0.5, 0.6) is 0 Å². The highest BCUT2D eigenvalue weighted by Gasteiger charge is 2.26. The summed E-state index contributed by atoms with van der Waals surface area (Å²) in [5, 5.41) is 2.70. The number of carbonyl (C=O) groups is 2. The summed E-state index contributed by atoms with van der Waals surface area (Å²) in [4.78, 5) is 28.3. The number of anilines is 1. The predicted molar refractivity (Wildman–Crippen MR) is 128 cm³/mol. The van der Waals surface area contributed by atoms with Gasteiger partial charge < -0.3 is 16.0 Å². The van der Waals surface area contributed by atoms with Gasteiger partial charge in [0.15, 0.2) is 5.78 Å². The highest BCUT2D eigenvalue weighted by Crippen LogP contribution is 2.26. The van der Waals surface area contributed by atoms with Crippen molar-refractivity contribution in [3.8, 4) is 0 Å². The second-order valence-corrected chi connectivity index (χ2v) is 8.61. The van der Waals surface area contributed by atoms with E-state index in [0.29, 0.717) is 12.1 Å². The van der Waals surface area contributed by atoms with Crippen LogP contribution in [-0.4, -0.2) is 36.9 Å². The fourth-order valence-corrected chi connectivity index (χ4v) is 4.30. The molecule has 0 spiro atoms. The van der Waals surface area contributed by atoms with Gasteiger partial charge in [0.25, 0.3) is 5.91 Å². The van der Waals surface area contributed by atoms with Crippen molar-refractivity contribution >= 4 is 17.4 Å². The summed E-state index contributed by atoms with van der Waals surface area (Å²) in [6.07, 6.45) is 0.979. The van der Waals surface area contributed by atoms with Crippen LogP contribution in [-0.2, 0) is 17.6 Å². The Morgan fingerprint density at radius 1 is 1.03 bits per heavy atom. The fraction of sp³-hybridized carbons (Fsp3) is 0.259. The van der Waals surface area contributed by atoms with Gasteiger partial charge >= 0.3 is 0 Å². The van der Waals surface area contributed by atoms with Crippen LogP contribution in [0.3, 0.4) is 0 Å². The van der Waals surface area contributed by atoms with Gasteiger partial charge in [0.2, 0.25) is 0 Å². The van der Waals surface area contributed by atoms with E-state index < -0.39 is 23.6 Å². The average molecular weight is 464 g/mol. The summed E-state index contributed by atoms with van der Waals surface area (Å²) < 4.78 is 28.3. The van der Waals surface area contributed by atoms with Crippen LogP contribution in [0.2, 0.25) is 0 Å². The lowest BCUT2D eigenvalue weighted by Gasteiger charge is -2.23. The van der Waals surface area contributed by atoms with Crippen LogP contribution in [0.1, 0.15) is 27.9 Å². The molecule has 5 nitrogen and oxygen atoms in total. The summed E-state index contributed by atoms with van der Waals surface area (Å²) in [6.45, 7) is 1.36. The van der Waals surface area contributed by atoms with Crippen LogP contribution in [0.15, 0.2) is 72.8 Å². The summed E-state index contributed by atoms with van der Waals surface area (Å²) in [6, 6.07) is 18.4. The minimum absolute atomic E-state index is 0.0273. The van der Waals surface area contributed by atoms with Gasteiger partial charge in [-0.3, -0.25) is 9.59 Å². The maximum absolute atomic E-state index is 14.2. The SMILES string of the molecule is NC1CCN(c2ccc(F)cc2CC(=O)C(Cc2ccccc2)NC(=O)c2ccccc2F)C1. The third-order valence-corrected chi connectivity index (χ3v) is 6.07. The maximum atomic E-state index is 14.2. The van der Waals surface area contributed by atoms with E-state index in [1.807, 2.05) is 30.3 Å². The molecule has 176 valence electrons. The summed E-state index contributed by atoms with van der Waals surface area (Å²) in [7, 11) is 0. The minimum atomic E-state index is -0.911. The molecule has 1 amide bonds. The molecule has 0 radical (unpaired) electrons. The molecule has 3 N–H and O–H groups in total. The molecule has 0 aliphatic carbocycles. The van der Waals surface area contributed by atoms with Gasteiger partial charge in [-0.25, -0.2) is 8.78 Å². The minimum Gasteiger partial charge on any atom is -0.370 e. The lowest BCUT2D eigenvalue weighted by Crippen LogP contribution is -2.43. The van der Waals surface area contributed by atoms with Crippen molar-refractivity contribution in [2.45, 2.75) is 31.3 Å². The number of carbonyl (C=O) groups excluding carboxylic acids is 2. The Bertz CT molecular complexity index is 1170. The van der Waals surface area contributed by atoms with Gasteiger partial charge in [0.05, 0.1) is 11.6 Å². The molecule has 34 heavy (non-hydrogen) atoms. The van der Waals surface area contributed by atoms with Crippen molar-refractivity contribution in [2.75, 3.05) is 18.0 Å². The second-order valence-electron chi connectivity index (χ2n) is 8.61. The molecule has 7 heteroatoms. The first-order valence-electron chi connectivity index (χ1n) is 11.3. The molecular formula is C27H27F2N3O2. The van der Waals surface area contributed by atoms with E-state index in [4.69, 9.17) is 5.73 Å². The molecule has 1 heterocycles. The molecule has 4 rings (SSSR count). The van der Waals surface area contributed by atoms with Gasteiger partial charge in [0.1, 0.15) is 11.6 Å². The van der Waals surface area contributed by atoms with Gasteiger partial charge in [-0.15, -0.1) is 0 Å². The smallest absolute Gasteiger partial charge is 0.254 e. The number of hydrogen-bond acceptors (Lipinski definition) is 4. The summed E-state index contributed by atoms with van der Waals surface area (Å²) in [5.74, 6) is -2.06. The maximum Gasteiger partial charge on any atom is 0.254 e. The lowest BCUT2D eigenvalue weighted by atomic mass is 9.96. The Labute approximate surface area is 197 Å². The van der Waals surface area contributed by atoms with E-state index in [-0.39, 0.29) is 30.2 Å². The van der Waals surface area contributed by atoms with Crippen molar-refractivity contribution in [2.24, 2.45) is 5.73 Å². The second kappa shape index (κ2) is 10.6. The number of benzene rings is 3. The van der Waals surface area contributed by atoms with Crippen LogP contribution in [0, 0.1) is 11.6 Å². The molecule has 0 aromatic heterocycles. The van der Waals surface area contributed by atoms with E-state index in [2.05, 4.69) is 10.2 Å². The molecule has 3 aromatic rings. The van der Waals surface area contributed by atoms with Crippen molar-refractivity contribution in [1.82, 2.24) is 5.32 Å². The largest absolute Gasteiger partial charge is 0.370 e. The van der Waals surface area contributed by atoms with Crippen LogP contribution < -0.4 is 16.0 Å². The van der Waals surface area contributed by atoms with Crippen molar-refractivity contribution in [3.05, 3.63) is 101 Å². The standard InChI is InChI=1S/C27H27F2N3O2/c28-20-10-11-25(32-13-12-21(30)17-32)19(15-20)16-26(33)24(14-18-6-2-1-3-7-18)31-27(34)22-8-4-5-9-23(22)29/h1-11,15,21,24H,12-14,16-17,30H2,(H,31,34). The lowest BCUT2D eigenvalue weighted by molar-refractivity contribution is -0.120. The number of Topliss-reactive ketones (excluding diaryl/α,β-unsaturated/α-hetero) is 1. The Kier molecular flexibility index (Phi) is 7.33. The van der Waals surface area contributed by atoms with E-state index in [0.717, 1.165) is 24.2 Å². The number of halogens is 2. The third-order valence-electron chi connectivity index (χ3n) is 6.07. The zero-order valence-electron chi connectivity index (χ0n) is 18.7. The number of ketones is 1. The Morgan fingerprint density at radius 3 is 2.47 bits per heavy atom. The Hall–Kier alpha value is -3.58. The third kappa shape index (κ3) is 5.66.